The van der Waals surface area contributed by atoms with Gasteiger partial charge in [0.2, 0.25) is 11.8 Å². The molecular weight excluding hydrogens is 557 g/mol. The molecule has 0 saturated carbocycles. The second-order valence-corrected chi connectivity index (χ2v) is 12.1. The average molecular weight is 591 g/mol. The Bertz CT molecular complexity index is 1440. The van der Waals surface area contributed by atoms with Crippen LogP contribution >= 0.6 is 23.2 Å². The molecule has 1 atom stereocenters. The molecule has 0 heterocycles. The van der Waals surface area contributed by atoms with Crippen molar-refractivity contribution in [2.75, 3.05) is 17.9 Å². The third-order valence-corrected chi connectivity index (χ3v) is 9.01. The van der Waals surface area contributed by atoms with Crippen molar-refractivity contribution in [2.24, 2.45) is 0 Å². The Hall–Kier alpha value is -3.07. The molecule has 0 fully saturated rings. The summed E-state index contributed by atoms with van der Waals surface area (Å²) in [6.07, 6.45) is 0.293. The van der Waals surface area contributed by atoms with Crippen LogP contribution in [0.3, 0.4) is 0 Å². The van der Waals surface area contributed by atoms with E-state index in [1.165, 1.54) is 24.1 Å². The number of carbonyl (C=O) groups excluding carboxylic acids is 2. The van der Waals surface area contributed by atoms with Crippen LogP contribution in [0.4, 0.5) is 5.69 Å². The van der Waals surface area contributed by atoms with Gasteiger partial charge in [-0.2, -0.15) is 0 Å². The smallest absolute Gasteiger partial charge is 0.264 e. The lowest BCUT2D eigenvalue weighted by molar-refractivity contribution is -0.140. The lowest BCUT2D eigenvalue weighted by atomic mass is 10.1. The quantitative estimate of drug-likeness (QED) is 0.330. The van der Waals surface area contributed by atoms with Gasteiger partial charge < -0.3 is 10.2 Å². The Kier molecular flexibility index (Phi) is 10.0. The molecular formula is C29H33Cl2N3O4S. The minimum absolute atomic E-state index is 0.0555. The molecule has 10 heteroatoms. The summed E-state index contributed by atoms with van der Waals surface area (Å²) < 4.78 is 29.0. The van der Waals surface area contributed by atoms with E-state index < -0.39 is 28.5 Å². The number of likely N-dealkylation sites (N-methyl/N-ethyl adjacent to an activating group) is 1. The molecule has 3 aromatic rings. The van der Waals surface area contributed by atoms with Crippen molar-refractivity contribution in [3.63, 3.8) is 0 Å². The second-order valence-electron chi connectivity index (χ2n) is 9.37. The van der Waals surface area contributed by atoms with Crippen molar-refractivity contribution in [3.8, 4) is 0 Å². The third kappa shape index (κ3) is 6.93. The summed E-state index contributed by atoms with van der Waals surface area (Å²) in [5, 5.41) is 3.27. The highest BCUT2D eigenvalue weighted by atomic mass is 35.5. The summed E-state index contributed by atoms with van der Waals surface area (Å²) in [4.78, 5) is 28.3. The van der Waals surface area contributed by atoms with Crippen LogP contribution in [0, 0.1) is 20.8 Å². The fourth-order valence-electron chi connectivity index (χ4n) is 4.38. The lowest BCUT2D eigenvalue weighted by Crippen LogP contribution is -2.52. The van der Waals surface area contributed by atoms with E-state index in [4.69, 9.17) is 23.2 Å². The van der Waals surface area contributed by atoms with E-state index in [0.29, 0.717) is 33.3 Å². The first-order valence-corrected chi connectivity index (χ1v) is 14.7. The van der Waals surface area contributed by atoms with Crippen LogP contribution in [0.1, 0.15) is 35.6 Å². The van der Waals surface area contributed by atoms with Gasteiger partial charge in [0.05, 0.1) is 10.6 Å². The van der Waals surface area contributed by atoms with Gasteiger partial charge in [0, 0.05) is 29.2 Å². The van der Waals surface area contributed by atoms with Gasteiger partial charge in [-0.15, -0.1) is 0 Å². The number of carbonyl (C=O) groups is 2. The predicted octanol–water partition coefficient (Wildman–Crippen LogP) is 5.67. The molecule has 1 N–H and O–H groups in total. The maximum atomic E-state index is 14.0. The van der Waals surface area contributed by atoms with Gasteiger partial charge in [-0.3, -0.25) is 13.9 Å². The van der Waals surface area contributed by atoms with Crippen molar-refractivity contribution in [2.45, 2.75) is 51.6 Å². The first-order valence-electron chi connectivity index (χ1n) is 12.5. The maximum absolute atomic E-state index is 14.0. The minimum Gasteiger partial charge on any atom is -0.357 e. The minimum atomic E-state index is -4.15. The summed E-state index contributed by atoms with van der Waals surface area (Å²) in [5.74, 6) is -0.953. The zero-order valence-corrected chi connectivity index (χ0v) is 25.0. The molecule has 0 aliphatic heterocycles. The second kappa shape index (κ2) is 12.9. The third-order valence-electron chi connectivity index (χ3n) is 6.53. The van der Waals surface area contributed by atoms with Crippen molar-refractivity contribution in [3.05, 3.63) is 93.0 Å². The molecule has 208 valence electrons. The summed E-state index contributed by atoms with van der Waals surface area (Å²) in [5.41, 5.74) is 3.39. The van der Waals surface area contributed by atoms with Crippen LogP contribution in [-0.2, 0) is 26.2 Å². The molecule has 0 bridgehead atoms. The highest BCUT2D eigenvalue weighted by Gasteiger charge is 2.34. The van der Waals surface area contributed by atoms with Gasteiger partial charge in [0.15, 0.2) is 0 Å². The van der Waals surface area contributed by atoms with E-state index in [0.717, 1.165) is 15.4 Å². The zero-order valence-electron chi connectivity index (χ0n) is 22.7. The van der Waals surface area contributed by atoms with Gasteiger partial charge in [-0.05, 0) is 63.1 Å². The number of amides is 2. The monoisotopic (exact) mass is 589 g/mol. The van der Waals surface area contributed by atoms with Gasteiger partial charge in [-0.1, -0.05) is 71.6 Å². The summed E-state index contributed by atoms with van der Waals surface area (Å²) in [6.45, 7) is 6.74. The molecule has 3 aromatic carbocycles. The number of nitrogens with zero attached hydrogens (tertiary/aromatic N) is 2. The van der Waals surface area contributed by atoms with Gasteiger partial charge in [-0.25, -0.2) is 8.42 Å². The van der Waals surface area contributed by atoms with Crippen molar-refractivity contribution in [1.82, 2.24) is 10.2 Å². The first kappa shape index (κ1) is 30.5. The van der Waals surface area contributed by atoms with Gasteiger partial charge in [0.25, 0.3) is 10.0 Å². The fourth-order valence-corrected chi connectivity index (χ4v) is 6.37. The first-order chi connectivity index (χ1) is 18.4. The van der Waals surface area contributed by atoms with E-state index in [1.54, 1.807) is 56.3 Å². The van der Waals surface area contributed by atoms with Crippen molar-refractivity contribution < 1.29 is 18.0 Å². The number of sulfonamides is 1. The summed E-state index contributed by atoms with van der Waals surface area (Å²) >= 11 is 12.8. The van der Waals surface area contributed by atoms with Crippen molar-refractivity contribution in [1.29, 1.82) is 0 Å². The number of benzene rings is 3. The van der Waals surface area contributed by atoms with Gasteiger partial charge >= 0.3 is 0 Å². The van der Waals surface area contributed by atoms with Crippen LogP contribution in [0.25, 0.3) is 0 Å². The largest absolute Gasteiger partial charge is 0.357 e. The summed E-state index contributed by atoms with van der Waals surface area (Å²) in [7, 11) is -2.66. The predicted molar refractivity (Wildman–Crippen MR) is 157 cm³/mol. The Morgan fingerprint density at radius 1 is 0.923 bits per heavy atom. The topological polar surface area (TPSA) is 86.8 Å². The molecule has 0 spiro atoms. The van der Waals surface area contributed by atoms with Crippen molar-refractivity contribution >= 4 is 50.7 Å². The van der Waals surface area contributed by atoms with E-state index in [2.05, 4.69) is 5.32 Å². The number of hydrogen-bond donors (Lipinski definition) is 1. The highest BCUT2D eigenvalue weighted by molar-refractivity contribution is 7.92. The van der Waals surface area contributed by atoms with E-state index >= 15 is 0 Å². The van der Waals surface area contributed by atoms with Gasteiger partial charge in [0.1, 0.15) is 12.6 Å². The number of aryl methyl sites for hydroxylation is 3. The molecule has 0 aliphatic rings. The maximum Gasteiger partial charge on any atom is 0.264 e. The molecule has 0 aliphatic carbocycles. The van der Waals surface area contributed by atoms with Crippen LogP contribution < -0.4 is 9.62 Å². The number of anilines is 1. The van der Waals surface area contributed by atoms with E-state index in [9.17, 15) is 18.0 Å². The normalized spacial score (nSPS) is 12.1. The number of nitrogens with one attached hydrogen (secondary N) is 1. The number of hydrogen-bond acceptors (Lipinski definition) is 4. The molecule has 2 amide bonds. The SMILES string of the molecule is CC[C@@H](C(=O)NC)N(Cc1c(Cl)cccc1Cl)C(=O)CN(c1ccc(C)cc1C)S(=O)(=O)c1ccc(C)cc1. The van der Waals surface area contributed by atoms with Crippen LogP contribution in [0.15, 0.2) is 65.6 Å². The van der Waals surface area contributed by atoms with Crippen LogP contribution in [0.2, 0.25) is 10.0 Å². The Labute approximate surface area is 240 Å². The molecule has 7 nitrogen and oxygen atoms in total. The number of halogens is 2. The highest BCUT2D eigenvalue weighted by Crippen LogP contribution is 2.30. The molecule has 0 radical (unpaired) electrons. The lowest BCUT2D eigenvalue weighted by Gasteiger charge is -2.33. The fraction of sp³-hybridized carbons (Fsp3) is 0.310. The average Bonchev–Trinajstić information content (AvgIpc) is 2.89. The molecule has 0 unspecified atom stereocenters. The summed E-state index contributed by atoms with van der Waals surface area (Å²) in [6, 6.07) is 15.9. The number of rotatable bonds is 10. The molecule has 0 saturated heterocycles. The van der Waals surface area contributed by atoms with Crippen LogP contribution in [0.5, 0.6) is 0 Å². The molecule has 3 rings (SSSR count). The Morgan fingerprint density at radius 3 is 2.05 bits per heavy atom. The van der Waals surface area contributed by atoms with Crippen LogP contribution in [-0.4, -0.2) is 44.8 Å². The van der Waals surface area contributed by atoms with E-state index in [-0.39, 0.29) is 17.3 Å². The molecule has 0 aromatic heterocycles. The zero-order chi connectivity index (χ0) is 28.9. The van der Waals surface area contributed by atoms with E-state index in [1.807, 2.05) is 19.9 Å². The Balaban J connectivity index is 2.13. The standard InChI is InChI=1S/C29H33Cl2N3O4S/c1-6-26(29(36)32-5)33(17-23-24(30)8-7-9-25(23)31)28(35)18-34(27-15-12-20(3)16-21(27)4)39(37,38)22-13-10-19(2)11-14-22/h7-16,26H,6,17-18H2,1-5H3,(H,32,36)/t26-/m0/s1. The Morgan fingerprint density at radius 2 is 1.51 bits per heavy atom. The molecule has 39 heavy (non-hydrogen) atoms.